The first-order chi connectivity index (χ1) is 13.0. The predicted molar refractivity (Wildman–Crippen MR) is 106 cm³/mol. The lowest BCUT2D eigenvalue weighted by atomic mass is 10.1. The number of benzene rings is 2. The summed E-state index contributed by atoms with van der Waals surface area (Å²) in [4.78, 5) is 13.7. The molecule has 0 spiro atoms. The third-order valence-corrected chi connectivity index (χ3v) is 7.07. The van der Waals surface area contributed by atoms with Gasteiger partial charge in [-0.1, -0.05) is 30.3 Å². The van der Waals surface area contributed by atoms with Crippen LogP contribution in [0.5, 0.6) is 0 Å². The Kier molecular flexibility index (Phi) is 4.88. The second kappa shape index (κ2) is 7.32. The number of rotatable bonds is 5. The van der Waals surface area contributed by atoms with Crippen molar-refractivity contribution in [2.75, 3.05) is 42.1 Å². The Hall–Kier alpha value is -2.38. The van der Waals surface area contributed by atoms with Gasteiger partial charge in [-0.15, -0.1) is 0 Å². The van der Waals surface area contributed by atoms with Gasteiger partial charge in [0.1, 0.15) is 0 Å². The van der Waals surface area contributed by atoms with E-state index in [1.54, 1.807) is 4.31 Å². The molecule has 1 N–H and O–H groups in total. The van der Waals surface area contributed by atoms with Crippen LogP contribution >= 0.6 is 0 Å². The zero-order chi connectivity index (χ0) is 18.9. The SMILES string of the molecule is O=C1Cc2cc(N3CCN(S(=O)(=O)CCc4ccccc4)CC3)ccc2N1. The molecule has 27 heavy (non-hydrogen) atoms. The number of nitrogens with zero attached hydrogens (tertiary/aromatic N) is 2. The lowest BCUT2D eigenvalue weighted by molar-refractivity contribution is -0.115. The number of carbonyl (C=O) groups is 1. The van der Waals surface area contributed by atoms with Crippen molar-refractivity contribution in [3.63, 3.8) is 0 Å². The molecule has 0 saturated carbocycles. The topological polar surface area (TPSA) is 69.7 Å². The largest absolute Gasteiger partial charge is 0.369 e. The molecule has 0 atom stereocenters. The Balaban J connectivity index is 1.36. The third-order valence-electron chi connectivity index (χ3n) is 5.20. The molecule has 7 heteroatoms. The molecule has 4 rings (SSSR count). The highest BCUT2D eigenvalue weighted by molar-refractivity contribution is 7.89. The van der Waals surface area contributed by atoms with Crippen molar-refractivity contribution >= 4 is 27.3 Å². The van der Waals surface area contributed by atoms with E-state index in [4.69, 9.17) is 0 Å². The van der Waals surface area contributed by atoms with Gasteiger partial charge >= 0.3 is 0 Å². The van der Waals surface area contributed by atoms with Crippen LogP contribution in [-0.4, -0.2) is 50.6 Å². The molecule has 0 bridgehead atoms. The Labute approximate surface area is 159 Å². The number of nitrogens with one attached hydrogen (secondary N) is 1. The van der Waals surface area contributed by atoms with Crippen LogP contribution in [0.1, 0.15) is 11.1 Å². The first-order valence-corrected chi connectivity index (χ1v) is 10.8. The van der Waals surface area contributed by atoms with E-state index in [2.05, 4.69) is 10.2 Å². The summed E-state index contributed by atoms with van der Waals surface area (Å²) in [5.41, 5.74) is 3.98. The van der Waals surface area contributed by atoms with Crippen molar-refractivity contribution in [1.29, 1.82) is 0 Å². The number of amides is 1. The van der Waals surface area contributed by atoms with Gasteiger partial charge in [0, 0.05) is 37.6 Å². The maximum absolute atomic E-state index is 12.7. The fourth-order valence-corrected chi connectivity index (χ4v) is 5.13. The van der Waals surface area contributed by atoms with E-state index in [1.807, 2.05) is 48.5 Å². The zero-order valence-electron chi connectivity index (χ0n) is 15.1. The number of hydrogen-bond acceptors (Lipinski definition) is 4. The number of hydrogen-bond donors (Lipinski definition) is 1. The fraction of sp³-hybridized carbons (Fsp3) is 0.350. The molecule has 2 heterocycles. The molecule has 0 aromatic heterocycles. The van der Waals surface area contributed by atoms with Crippen molar-refractivity contribution in [1.82, 2.24) is 4.31 Å². The molecule has 2 aromatic rings. The molecule has 1 fully saturated rings. The minimum Gasteiger partial charge on any atom is -0.369 e. The fourth-order valence-electron chi connectivity index (χ4n) is 3.66. The van der Waals surface area contributed by atoms with E-state index < -0.39 is 10.0 Å². The normalized spacial score (nSPS) is 17.6. The highest BCUT2D eigenvalue weighted by Crippen LogP contribution is 2.28. The first-order valence-electron chi connectivity index (χ1n) is 9.21. The maximum Gasteiger partial charge on any atom is 0.228 e. The van der Waals surface area contributed by atoms with Crippen molar-refractivity contribution in [3.8, 4) is 0 Å². The second-order valence-electron chi connectivity index (χ2n) is 7.00. The number of anilines is 2. The van der Waals surface area contributed by atoms with Crippen LogP contribution in [0, 0.1) is 0 Å². The van der Waals surface area contributed by atoms with Gasteiger partial charge in [0.15, 0.2) is 0 Å². The van der Waals surface area contributed by atoms with Gasteiger partial charge in [0.2, 0.25) is 15.9 Å². The summed E-state index contributed by atoms with van der Waals surface area (Å²) < 4.78 is 26.9. The van der Waals surface area contributed by atoms with Gasteiger partial charge in [-0.25, -0.2) is 8.42 Å². The highest BCUT2D eigenvalue weighted by Gasteiger charge is 2.27. The molecule has 2 aliphatic rings. The quantitative estimate of drug-likeness (QED) is 0.853. The molecule has 0 unspecified atom stereocenters. The minimum absolute atomic E-state index is 0.0245. The number of piperazine rings is 1. The zero-order valence-corrected chi connectivity index (χ0v) is 15.9. The first kappa shape index (κ1) is 18.0. The van der Waals surface area contributed by atoms with Crippen molar-refractivity contribution in [2.45, 2.75) is 12.8 Å². The number of aryl methyl sites for hydroxylation is 1. The van der Waals surface area contributed by atoms with Crippen LogP contribution in [0.4, 0.5) is 11.4 Å². The van der Waals surface area contributed by atoms with E-state index in [9.17, 15) is 13.2 Å². The number of fused-ring (bicyclic) bond motifs is 1. The van der Waals surface area contributed by atoms with Gasteiger partial charge in [-0.2, -0.15) is 4.31 Å². The summed E-state index contributed by atoms with van der Waals surface area (Å²) in [6.07, 6.45) is 0.951. The van der Waals surface area contributed by atoms with Gasteiger partial charge < -0.3 is 10.2 Å². The summed E-state index contributed by atoms with van der Waals surface area (Å²) in [5.74, 6) is 0.167. The molecule has 0 radical (unpaired) electrons. The monoisotopic (exact) mass is 385 g/mol. The standard InChI is InChI=1S/C20H23N3O3S/c24-20-15-17-14-18(6-7-19(17)21-20)22-9-11-23(12-10-22)27(25,26)13-8-16-4-2-1-3-5-16/h1-7,14H,8-13,15H2,(H,21,24). The molecule has 1 saturated heterocycles. The van der Waals surface area contributed by atoms with Crippen LogP contribution < -0.4 is 10.2 Å². The maximum atomic E-state index is 12.7. The lowest BCUT2D eigenvalue weighted by Crippen LogP contribution is -2.49. The Morgan fingerprint density at radius 1 is 0.963 bits per heavy atom. The summed E-state index contributed by atoms with van der Waals surface area (Å²) in [6.45, 7) is 2.30. The predicted octanol–water partition coefficient (Wildman–Crippen LogP) is 1.88. The molecule has 142 valence electrons. The molecule has 0 aliphatic carbocycles. The Morgan fingerprint density at radius 3 is 2.44 bits per heavy atom. The van der Waals surface area contributed by atoms with E-state index in [0.29, 0.717) is 39.0 Å². The molecular weight excluding hydrogens is 362 g/mol. The lowest BCUT2D eigenvalue weighted by Gasteiger charge is -2.35. The van der Waals surface area contributed by atoms with Crippen LogP contribution in [0.25, 0.3) is 0 Å². The van der Waals surface area contributed by atoms with Gasteiger partial charge in [-0.05, 0) is 35.7 Å². The van der Waals surface area contributed by atoms with Crippen LogP contribution in [0.2, 0.25) is 0 Å². The molecule has 2 aliphatic heterocycles. The smallest absolute Gasteiger partial charge is 0.228 e. The third kappa shape index (κ3) is 3.99. The van der Waals surface area contributed by atoms with Crippen molar-refractivity contribution in [2.24, 2.45) is 0 Å². The molecule has 2 aromatic carbocycles. The summed E-state index contributed by atoms with van der Waals surface area (Å²) in [5, 5.41) is 2.84. The summed E-state index contributed by atoms with van der Waals surface area (Å²) in [7, 11) is -3.25. The van der Waals surface area contributed by atoms with E-state index in [0.717, 1.165) is 22.5 Å². The van der Waals surface area contributed by atoms with Crippen LogP contribution in [-0.2, 0) is 27.7 Å². The van der Waals surface area contributed by atoms with Gasteiger partial charge in [0.05, 0.1) is 12.2 Å². The average molecular weight is 385 g/mol. The van der Waals surface area contributed by atoms with E-state index in [1.165, 1.54) is 0 Å². The van der Waals surface area contributed by atoms with E-state index in [-0.39, 0.29) is 11.7 Å². The number of sulfonamides is 1. The summed E-state index contributed by atoms with van der Waals surface area (Å²) in [6, 6.07) is 15.7. The number of carbonyl (C=O) groups excluding carboxylic acids is 1. The van der Waals surface area contributed by atoms with Crippen LogP contribution in [0.15, 0.2) is 48.5 Å². The second-order valence-corrected chi connectivity index (χ2v) is 9.09. The Bertz CT molecular complexity index is 936. The summed E-state index contributed by atoms with van der Waals surface area (Å²) >= 11 is 0. The van der Waals surface area contributed by atoms with Gasteiger partial charge in [-0.3, -0.25) is 4.79 Å². The minimum atomic E-state index is -3.25. The van der Waals surface area contributed by atoms with Crippen LogP contribution in [0.3, 0.4) is 0 Å². The average Bonchev–Trinajstić information content (AvgIpc) is 3.06. The Morgan fingerprint density at radius 2 is 1.70 bits per heavy atom. The molecule has 1 amide bonds. The van der Waals surface area contributed by atoms with Gasteiger partial charge in [0.25, 0.3) is 0 Å². The highest BCUT2D eigenvalue weighted by atomic mass is 32.2. The van der Waals surface area contributed by atoms with E-state index >= 15 is 0 Å². The van der Waals surface area contributed by atoms with Crippen molar-refractivity contribution in [3.05, 3.63) is 59.7 Å². The molecular formula is C20H23N3O3S. The molecule has 6 nitrogen and oxygen atoms in total. The van der Waals surface area contributed by atoms with Crippen molar-refractivity contribution < 1.29 is 13.2 Å².